The smallest absolute Gasteiger partial charge is 0.262 e. The van der Waals surface area contributed by atoms with Gasteiger partial charge < -0.3 is 15.4 Å². The summed E-state index contributed by atoms with van der Waals surface area (Å²) >= 11 is 18.2. The zero-order chi connectivity index (χ0) is 20.8. The molecule has 150 valence electrons. The van der Waals surface area contributed by atoms with Crippen LogP contribution in [-0.2, 0) is 11.3 Å². The van der Waals surface area contributed by atoms with Crippen molar-refractivity contribution in [1.29, 1.82) is 0 Å². The fraction of sp³-hybridized carbons (Fsp3) is 0.136. The number of aryl methyl sites for hydroxylation is 1. The van der Waals surface area contributed by atoms with Crippen molar-refractivity contribution in [3.05, 3.63) is 86.9 Å². The third-order valence-electron chi connectivity index (χ3n) is 4.11. The highest BCUT2D eigenvalue weighted by Crippen LogP contribution is 2.27. The molecule has 3 aromatic carbocycles. The van der Waals surface area contributed by atoms with Gasteiger partial charge in [-0.15, -0.1) is 0 Å². The van der Waals surface area contributed by atoms with Gasteiger partial charge in [0.15, 0.2) is 6.61 Å². The van der Waals surface area contributed by atoms with Crippen LogP contribution in [0.4, 0.5) is 11.4 Å². The second-order valence-corrected chi connectivity index (χ2v) is 7.67. The molecule has 0 aliphatic heterocycles. The molecule has 3 aromatic rings. The number of amides is 1. The number of hydrogen-bond donors (Lipinski definition) is 2. The Morgan fingerprint density at radius 2 is 1.59 bits per heavy atom. The van der Waals surface area contributed by atoms with Gasteiger partial charge in [-0.2, -0.15) is 0 Å². The molecule has 0 bridgehead atoms. The van der Waals surface area contributed by atoms with Gasteiger partial charge in [0, 0.05) is 17.9 Å². The van der Waals surface area contributed by atoms with Gasteiger partial charge in [-0.25, -0.2) is 0 Å². The summed E-state index contributed by atoms with van der Waals surface area (Å²) in [6.07, 6.45) is 0. The van der Waals surface area contributed by atoms with Gasteiger partial charge in [0.05, 0.1) is 15.1 Å². The predicted molar refractivity (Wildman–Crippen MR) is 121 cm³/mol. The Morgan fingerprint density at radius 3 is 2.28 bits per heavy atom. The number of carbonyl (C=O) groups excluding carboxylic acids is 1. The first-order valence-electron chi connectivity index (χ1n) is 8.87. The molecule has 29 heavy (non-hydrogen) atoms. The number of benzene rings is 3. The number of ether oxygens (including phenoxy) is 1. The van der Waals surface area contributed by atoms with Gasteiger partial charge in [-0.05, 0) is 55.0 Å². The Morgan fingerprint density at radius 1 is 0.862 bits per heavy atom. The van der Waals surface area contributed by atoms with Gasteiger partial charge in [0.2, 0.25) is 0 Å². The van der Waals surface area contributed by atoms with E-state index in [-0.39, 0.29) is 12.5 Å². The van der Waals surface area contributed by atoms with Gasteiger partial charge in [-0.3, -0.25) is 4.79 Å². The van der Waals surface area contributed by atoms with Crippen LogP contribution in [0.5, 0.6) is 5.75 Å². The second kappa shape index (κ2) is 9.88. The van der Waals surface area contributed by atoms with Gasteiger partial charge in [0.25, 0.3) is 5.91 Å². The van der Waals surface area contributed by atoms with E-state index in [0.29, 0.717) is 27.4 Å². The van der Waals surface area contributed by atoms with E-state index in [4.69, 9.17) is 39.5 Å². The minimum Gasteiger partial charge on any atom is -0.482 e. The Balaban J connectivity index is 1.52. The Bertz CT molecular complexity index is 1010. The number of rotatable bonds is 7. The molecule has 0 saturated heterocycles. The SMILES string of the molecule is Cc1ccc(NC(=O)COc2ccc(CNc3ccc(Cl)c(Cl)c3)cc2Cl)cc1. The summed E-state index contributed by atoms with van der Waals surface area (Å²) < 4.78 is 5.54. The average Bonchev–Trinajstić information content (AvgIpc) is 2.70. The highest BCUT2D eigenvalue weighted by atomic mass is 35.5. The number of anilines is 2. The molecule has 3 rings (SSSR count). The van der Waals surface area contributed by atoms with Crippen molar-refractivity contribution in [3.8, 4) is 5.75 Å². The quantitative estimate of drug-likeness (QED) is 0.428. The van der Waals surface area contributed by atoms with Crippen molar-refractivity contribution in [1.82, 2.24) is 0 Å². The summed E-state index contributed by atoms with van der Waals surface area (Å²) in [5.74, 6) is 0.194. The Labute approximate surface area is 184 Å². The molecule has 0 spiro atoms. The topological polar surface area (TPSA) is 50.4 Å². The third-order valence-corrected chi connectivity index (χ3v) is 5.14. The lowest BCUT2D eigenvalue weighted by atomic mass is 10.2. The molecule has 0 aliphatic carbocycles. The largest absolute Gasteiger partial charge is 0.482 e. The van der Waals surface area contributed by atoms with E-state index < -0.39 is 0 Å². The van der Waals surface area contributed by atoms with Crippen LogP contribution in [0.15, 0.2) is 60.7 Å². The lowest BCUT2D eigenvalue weighted by molar-refractivity contribution is -0.118. The normalized spacial score (nSPS) is 10.5. The van der Waals surface area contributed by atoms with Gasteiger partial charge in [0.1, 0.15) is 5.75 Å². The van der Waals surface area contributed by atoms with Crippen molar-refractivity contribution < 1.29 is 9.53 Å². The molecular formula is C22H19Cl3N2O2. The first kappa shape index (κ1) is 21.3. The zero-order valence-corrected chi connectivity index (χ0v) is 17.9. The van der Waals surface area contributed by atoms with E-state index in [1.807, 2.05) is 43.3 Å². The third kappa shape index (κ3) is 6.29. The molecule has 2 N–H and O–H groups in total. The molecule has 0 saturated carbocycles. The summed E-state index contributed by atoms with van der Waals surface area (Å²) in [6.45, 7) is 2.40. The van der Waals surface area contributed by atoms with E-state index in [9.17, 15) is 4.79 Å². The molecule has 1 amide bonds. The van der Waals surface area contributed by atoms with Crippen LogP contribution >= 0.6 is 34.8 Å². The lowest BCUT2D eigenvalue weighted by Gasteiger charge is -2.11. The molecule has 0 radical (unpaired) electrons. The van der Waals surface area contributed by atoms with E-state index in [1.165, 1.54) is 0 Å². The minimum atomic E-state index is -0.254. The van der Waals surface area contributed by atoms with Crippen molar-refractivity contribution in [2.75, 3.05) is 17.2 Å². The van der Waals surface area contributed by atoms with Gasteiger partial charge in [-0.1, -0.05) is 58.6 Å². The summed E-state index contributed by atoms with van der Waals surface area (Å²) in [5.41, 5.74) is 3.65. The lowest BCUT2D eigenvalue weighted by Crippen LogP contribution is -2.20. The van der Waals surface area contributed by atoms with Crippen LogP contribution in [0.2, 0.25) is 15.1 Å². The van der Waals surface area contributed by atoms with E-state index in [1.54, 1.807) is 24.3 Å². The second-order valence-electron chi connectivity index (χ2n) is 6.45. The predicted octanol–water partition coefficient (Wildman–Crippen LogP) is 6.58. The summed E-state index contributed by atoms with van der Waals surface area (Å²) in [4.78, 5) is 12.1. The maximum absolute atomic E-state index is 12.1. The van der Waals surface area contributed by atoms with Crippen LogP contribution in [0.1, 0.15) is 11.1 Å². The van der Waals surface area contributed by atoms with Crippen molar-refractivity contribution in [2.24, 2.45) is 0 Å². The first-order valence-corrected chi connectivity index (χ1v) is 10.0. The maximum Gasteiger partial charge on any atom is 0.262 e. The molecule has 0 unspecified atom stereocenters. The monoisotopic (exact) mass is 448 g/mol. The molecule has 0 fully saturated rings. The van der Waals surface area contributed by atoms with Crippen LogP contribution in [0.25, 0.3) is 0 Å². The molecule has 0 aromatic heterocycles. The minimum absolute atomic E-state index is 0.130. The number of carbonyl (C=O) groups is 1. The van der Waals surface area contributed by atoms with Crippen LogP contribution < -0.4 is 15.4 Å². The number of nitrogens with one attached hydrogen (secondary N) is 2. The van der Waals surface area contributed by atoms with Crippen LogP contribution in [0.3, 0.4) is 0 Å². The molecule has 7 heteroatoms. The summed E-state index contributed by atoms with van der Waals surface area (Å²) in [6, 6.07) is 18.3. The van der Waals surface area contributed by atoms with E-state index in [0.717, 1.165) is 22.5 Å². The highest BCUT2D eigenvalue weighted by molar-refractivity contribution is 6.42. The first-order chi connectivity index (χ1) is 13.9. The summed E-state index contributed by atoms with van der Waals surface area (Å²) in [7, 11) is 0. The average molecular weight is 450 g/mol. The van der Waals surface area contributed by atoms with Gasteiger partial charge >= 0.3 is 0 Å². The Kier molecular flexibility index (Phi) is 7.26. The van der Waals surface area contributed by atoms with Crippen molar-refractivity contribution in [3.63, 3.8) is 0 Å². The van der Waals surface area contributed by atoms with E-state index >= 15 is 0 Å². The van der Waals surface area contributed by atoms with E-state index in [2.05, 4.69) is 10.6 Å². The molecule has 0 atom stereocenters. The molecule has 0 aliphatic rings. The summed E-state index contributed by atoms with van der Waals surface area (Å²) in [5, 5.41) is 7.46. The fourth-order valence-corrected chi connectivity index (χ4v) is 3.11. The van der Waals surface area contributed by atoms with Crippen molar-refractivity contribution >= 4 is 52.1 Å². The highest BCUT2D eigenvalue weighted by Gasteiger charge is 2.08. The van der Waals surface area contributed by atoms with Crippen LogP contribution in [0, 0.1) is 6.92 Å². The molecule has 0 heterocycles. The Hall–Kier alpha value is -2.40. The van der Waals surface area contributed by atoms with Crippen LogP contribution in [-0.4, -0.2) is 12.5 Å². The van der Waals surface area contributed by atoms with Crippen molar-refractivity contribution in [2.45, 2.75) is 13.5 Å². The number of halogens is 3. The molecular weight excluding hydrogens is 431 g/mol. The fourth-order valence-electron chi connectivity index (χ4n) is 2.56. The molecule has 4 nitrogen and oxygen atoms in total. The standard InChI is InChI=1S/C22H19Cl3N2O2/c1-14-2-5-16(6-3-14)27-22(28)13-29-21-9-4-15(10-20(21)25)12-26-17-7-8-18(23)19(24)11-17/h2-11,26H,12-13H2,1H3,(H,27,28). The maximum atomic E-state index is 12.1. The zero-order valence-electron chi connectivity index (χ0n) is 15.6. The number of hydrogen-bond acceptors (Lipinski definition) is 3.